The number of carbonyl (C=O) groups is 1. The predicted octanol–water partition coefficient (Wildman–Crippen LogP) is 4.92. The van der Waals surface area contributed by atoms with E-state index in [-0.39, 0.29) is 18.0 Å². The van der Waals surface area contributed by atoms with Gasteiger partial charge in [-0.15, -0.1) is 12.4 Å². The van der Waals surface area contributed by atoms with Crippen molar-refractivity contribution in [2.24, 2.45) is 0 Å². The fraction of sp³-hybridized carbons (Fsp3) is 0.435. The number of hydrogen-bond donors (Lipinski definition) is 2. The Balaban J connectivity index is 0.00000272. The molecule has 4 nitrogen and oxygen atoms in total. The first-order valence-electron chi connectivity index (χ1n) is 10.3. The maximum absolute atomic E-state index is 12.8. The summed E-state index contributed by atoms with van der Waals surface area (Å²) in [6.07, 6.45) is -0.997. The molecule has 0 aromatic heterocycles. The monoisotopic (exact) mass is 453 g/mol. The molecule has 31 heavy (non-hydrogen) atoms. The molecule has 2 N–H and O–H groups in total. The Hall–Kier alpha value is -2.09. The smallest absolute Gasteiger partial charge is 0.322 e. The molecule has 1 heterocycles. The molecule has 0 spiro atoms. The first kappa shape index (κ1) is 23.6. The number of likely N-dealkylation sites (tertiary alicyclic amines) is 1. The van der Waals surface area contributed by atoms with Gasteiger partial charge in [-0.25, -0.2) is 0 Å². The number of halogens is 4. The molecule has 1 aliphatic carbocycles. The maximum Gasteiger partial charge on any atom is 0.416 e. The van der Waals surface area contributed by atoms with Crippen molar-refractivity contribution in [1.82, 2.24) is 10.2 Å². The number of nitrogens with zero attached hydrogens (tertiary/aromatic N) is 1. The standard InChI is InChI=1S/C23H26F3N3O.ClH/c1-29-11-9-19(10-12-29)27-21-14-20(21)15-5-7-18(8-6-15)28-22(30)16-3-2-4-17(13-16)23(24,25)26;/h2-8,13,19-21,27H,9-12,14H2,1H3,(H,28,30);1H. The minimum absolute atomic E-state index is 0. The van der Waals surface area contributed by atoms with Crippen LogP contribution in [0.1, 0.15) is 46.7 Å². The van der Waals surface area contributed by atoms with Crippen molar-refractivity contribution < 1.29 is 18.0 Å². The first-order valence-corrected chi connectivity index (χ1v) is 10.3. The lowest BCUT2D eigenvalue weighted by molar-refractivity contribution is -0.137. The van der Waals surface area contributed by atoms with E-state index in [0.29, 0.717) is 23.7 Å². The van der Waals surface area contributed by atoms with Gasteiger partial charge in [0.1, 0.15) is 0 Å². The van der Waals surface area contributed by atoms with Crippen LogP contribution < -0.4 is 10.6 Å². The van der Waals surface area contributed by atoms with Gasteiger partial charge in [0.2, 0.25) is 0 Å². The third-order valence-electron chi connectivity index (χ3n) is 6.01. The van der Waals surface area contributed by atoms with Crippen molar-refractivity contribution in [1.29, 1.82) is 0 Å². The molecule has 2 aromatic carbocycles. The Morgan fingerprint density at radius 3 is 2.39 bits per heavy atom. The van der Waals surface area contributed by atoms with Crippen LogP contribution >= 0.6 is 12.4 Å². The second-order valence-corrected chi connectivity index (χ2v) is 8.35. The van der Waals surface area contributed by atoms with E-state index in [1.807, 2.05) is 24.3 Å². The molecule has 2 atom stereocenters. The number of alkyl halides is 3. The summed E-state index contributed by atoms with van der Waals surface area (Å²) in [6, 6.07) is 13.1. The number of nitrogens with one attached hydrogen (secondary N) is 2. The van der Waals surface area contributed by atoms with Crippen LogP contribution in [0.25, 0.3) is 0 Å². The van der Waals surface area contributed by atoms with Gasteiger partial charge >= 0.3 is 6.18 Å². The lowest BCUT2D eigenvalue weighted by Crippen LogP contribution is -2.41. The van der Waals surface area contributed by atoms with Gasteiger partial charge in [0.25, 0.3) is 5.91 Å². The third kappa shape index (κ3) is 5.99. The average Bonchev–Trinajstić information content (AvgIpc) is 3.49. The van der Waals surface area contributed by atoms with Crippen molar-refractivity contribution >= 4 is 24.0 Å². The number of anilines is 1. The fourth-order valence-corrected chi connectivity index (χ4v) is 4.08. The molecule has 1 saturated heterocycles. The van der Waals surface area contributed by atoms with E-state index in [1.165, 1.54) is 30.5 Å². The molecule has 1 saturated carbocycles. The van der Waals surface area contributed by atoms with Gasteiger partial charge in [-0.2, -0.15) is 13.2 Å². The van der Waals surface area contributed by atoms with Crippen molar-refractivity contribution in [2.75, 3.05) is 25.5 Å². The predicted molar refractivity (Wildman–Crippen MR) is 118 cm³/mol. The Kier molecular flexibility index (Phi) is 7.29. The van der Waals surface area contributed by atoms with Gasteiger partial charge < -0.3 is 15.5 Å². The second-order valence-electron chi connectivity index (χ2n) is 8.35. The zero-order chi connectivity index (χ0) is 21.3. The highest BCUT2D eigenvalue weighted by atomic mass is 35.5. The summed E-state index contributed by atoms with van der Waals surface area (Å²) in [5.74, 6) is -0.0695. The zero-order valence-electron chi connectivity index (χ0n) is 17.3. The van der Waals surface area contributed by atoms with E-state index in [1.54, 1.807) is 0 Å². The normalized spacial score (nSPS) is 21.9. The number of hydrogen-bond acceptors (Lipinski definition) is 3. The summed E-state index contributed by atoms with van der Waals surface area (Å²) in [5, 5.41) is 6.44. The van der Waals surface area contributed by atoms with Crippen molar-refractivity contribution in [3.05, 3.63) is 65.2 Å². The van der Waals surface area contributed by atoms with Crippen molar-refractivity contribution in [2.45, 2.75) is 43.4 Å². The highest BCUT2D eigenvalue weighted by molar-refractivity contribution is 6.04. The number of rotatable bonds is 5. The van der Waals surface area contributed by atoms with E-state index in [4.69, 9.17) is 0 Å². The van der Waals surface area contributed by atoms with Crippen LogP contribution in [0.3, 0.4) is 0 Å². The number of carbonyl (C=O) groups excluding carboxylic acids is 1. The van der Waals surface area contributed by atoms with E-state index in [2.05, 4.69) is 22.6 Å². The molecule has 168 valence electrons. The molecule has 2 unspecified atom stereocenters. The Morgan fingerprint density at radius 1 is 1.06 bits per heavy atom. The topological polar surface area (TPSA) is 44.4 Å². The van der Waals surface area contributed by atoms with Crippen LogP contribution in [0.15, 0.2) is 48.5 Å². The molecule has 1 amide bonds. The molecule has 2 fully saturated rings. The molecule has 0 bridgehead atoms. The Morgan fingerprint density at radius 2 is 1.74 bits per heavy atom. The fourth-order valence-electron chi connectivity index (χ4n) is 4.08. The summed E-state index contributed by atoms with van der Waals surface area (Å²) in [6.45, 7) is 2.27. The number of piperidine rings is 1. The molecule has 4 rings (SSSR count). The van der Waals surface area contributed by atoms with Crippen LogP contribution in [0, 0.1) is 0 Å². The molecule has 1 aliphatic heterocycles. The lowest BCUT2D eigenvalue weighted by Gasteiger charge is -2.29. The van der Waals surface area contributed by atoms with Gasteiger partial charge in [0.05, 0.1) is 5.56 Å². The van der Waals surface area contributed by atoms with Gasteiger partial charge in [-0.3, -0.25) is 4.79 Å². The van der Waals surface area contributed by atoms with E-state index in [9.17, 15) is 18.0 Å². The van der Waals surface area contributed by atoms with Crippen LogP contribution in [-0.2, 0) is 6.18 Å². The summed E-state index contributed by atoms with van der Waals surface area (Å²) >= 11 is 0. The quantitative estimate of drug-likeness (QED) is 0.675. The summed E-state index contributed by atoms with van der Waals surface area (Å²) in [5.41, 5.74) is 0.944. The Bertz CT molecular complexity index is 896. The van der Waals surface area contributed by atoms with E-state index < -0.39 is 17.6 Å². The van der Waals surface area contributed by atoms with Gasteiger partial charge in [0, 0.05) is 29.3 Å². The van der Waals surface area contributed by atoms with Crippen molar-refractivity contribution in [3.63, 3.8) is 0 Å². The summed E-state index contributed by atoms with van der Waals surface area (Å²) < 4.78 is 38.5. The van der Waals surface area contributed by atoms with Gasteiger partial charge in [0.15, 0.2) is 0 Å². The van der Waals surface area contributed by atoms with Crippen LogP contribution in [0.5, 0.6) is 0 Å². The van der Waals surface area contributed by atoms with Crippen molar-refractivity contribution in [3.8, 4) is 0 Å². The van der Waals surface area contributed by atoms with E-state index >= 15 is 0 Å². The minimum atomic E-state index is -4.47. The van der Waals surface area contributed by atoms with E-state index in [0.717, 1.165) is 31.6 Å². The minimum Gasteiger partial charge on any atom is -0.322 e. The molecular weight excluding hydrogens is 427 g/mol. The number of benzene rings is 2. The second kappa shape index (κ2) is 9.59. The molecule has 0 radical (unpaired) electrons. The third-order valence-corrected chi connectivity index (χ3v) is 6.01. The van der Waals surface area contributed by atoms with Crippen LogP contribution in [-0.4, -0.2) is 43.0 Å². The van der Waals surface area contributed by atoms with Gasteiger partial charge in [-0.1, -0.05) is 18.2 Å². The van der Waals surface area contributed by atoms with Crippen LogP contribution in [0.2, 0.25) is 0 Å². The molecule has 2 aliphatic rings. The average molecular weight is 454 g/mol. The maximum atomic E-state index is 12.8. The lowest BCUT2D eigenvalue weighted by atomic mass is 10.0. The molecule has 2 aromatic rings. The SMILES string of the molecule is CN1CCC(NC2CC2c2ccc(NC(=O)c3cccc(C(F)(F)F)c3)cc2)CC1.Cl. The first-order chi connectivity index (χ1) is 14.3. The zero-order valence-corrected chi connectivity index (χ0v) is 18.1. The summed E-state index contributed by atoms with van der Waals surface area (Å²) in [7, 11) is 2.16. The highest BCUT2D eigenvalue weighted by Gasteiger charge is 2.39. The largest absolute Gasteiger partial charge is 0.416 e. The van der Waals surface area contributed by atoms with Gasteiger partial charge in [-0.05, 0) is 75.3 Å². The van der Waals surface area contributed by atoms with Crippen LogP contribution in [0.4, 0.5) is 18.9 Å². The molecular formula is C23H27ClF3N3O. The molecule has 8 heteroatoms. The highest BCUT2D eigenvalue weighted by Crippen LogP contribution is 2.41. The number of amides is 1. The summed E-state index contributed by atoms with van der Waals surface area (Å²) in [4.78, 5) is 14.7. The Labute approximate surface area is 186 Å².